The van der Waals surface area contributed by atoms with Crippen LogP contribution in [0.1, 0.15) is 25.0 Å². The van der Waals surface area contributed by atoms with E-state index in [1.54, 1.807) is 0 Å². The normalized spacial score (nSPS) is 12.9. The highest BCUT2D eigenvalue weighted by Gasteiger charge is 2.36. The summed E-state index contributed by atoms with van der Waals surface area (Å²) in [7, 11) is 0. The number of benzene rings is 9. The van der Waals surface area contributed by atoms with Crippen LogP contribution >= 0.6 is 0 Å². The number of anilines is 3. The van der Waals surface area contributed by atoms with Crippen LogP contribution in [0.5, 0.6) is 0 Å². The molecule has 2 heteroatoms. The summed E-state index contributed by atoms with van der Waals surface area (Å²) in [4.78, 5) is 2.47. The molecule has 0 saturated carbocycles. The van der Waals surface area contributed by atoms with Gasteiger partial charge in [0.05, 0.1) is 5.69 Å². The Hall–Kier alpha value is -7.16. The van der Waals surface area contributed by atoms with E-state index in [0.29, 0.717) is 0 Å². The van der Waals surface area contributed by atoms with Crippen LogP contribution in [0.2, 0.25) is 0 Å². The Kier molecular flexibility index (Phi) is 7.55. The summed E-state index contributed by atoms with van der Waals surface area (Å²) in [6.07, 6.45) is 0. The van der Waals surface area contributed by atoms with E-state index in [4.69, 9.17) is 4.42 Å². The predicted molar refractivity (Wildman–Crippen MR) is 240 cm³/mol. The first-order chi connectivity index (χ1) is 28.0. The highest BCUT2D eigenvalue weighted by atomic mass is 16.3. The lowest BCUT2D eigenvalue weighted by molar-refractivity contribution is 0.660. The number of rotatable bonds is 6. The first-order valence-corrected chi connectivity index (χ1v) is 19.8. The molecule has 0 aliphatic heterocycles. The standard InChI is InChI=1S/C55H39NO/c1-55(2)48-25-10-8-20-43(48)44-34-33-40(35-49(44)55)56(39-31-29-37(30-32-39)36-15-4-3-5-16-36)50-26-13-23-45(42-22-12-18-38-17-6-7-19-41(38)42)53(50)47-24-14-28-52-54(47)46-21-9-11-27-51(46)57-52/h3-35H,1-2H3. The van der Waals surface area contributed by atoms with E-state index in [0.717, 1.165) is 50.1 Å². The number of hydrogen-bond donors (Lipinski definition) is 0. The fourth-order valence-electron chi connectivity index (χ4n) is 9.37. The maximum absolute atomic E-state index is 6.55. The van der Waals surface area contributed by atoms with Gasteiger partial charge in [0.1, 0.15) is 11.2 Å². The van der Waals surface area contributed by atoms with Gasteiger partial charge in [-0.3, -0.25) is 0 Å². The molecular weight excluding hydrogens is 691 g/mol. The van der Waals surface area contributed by atoms with Gasteiger partial charge in [0.25, 0.3) is 0 Å². The minimum Gasteiger partial charge on any atom is -0.456 e. The smallest absolute Gasteiger partial charge is 0.136 e. The molecule has 0 radical (unpaired) electrons. The highest BCUT2D eigenvalue weighted by molar-refractivity contribution is 6.16. The monoisotopic (exact) mass is 729 g/mol. The van der Waals surface area contributed by atoms with E-state index in [1.165, 1.54) is 55.3 Å². The third-order valence-electron chi connectivity index (χ3n) is 12.1. The molecule has 1 aliphatic rings. The predicted octanol–water partition coefficient (Wildman–Crippen LogP) is 15.5. The van der Waals surface area contributed by atoms with E-state index in [9.17, 15) is 0 Å². The lowest BCUT2D eigenvalue weighted by Gasteiger charge is -2.31. The van der Waals surface area contributed by atoms with Crippen molar-refractivity contribution in [2.45, 2.75) is 19.3 Å². The zero-order valence-electron chi connectivity index (χ0n) is 31.9. The minimum absolute atomic E-state index is 0.153. The van der Waals surface area contributed by atoms with Crippen LogP contribution in [0.25, 0.3) is 77.2 Å². The van der Waals surface area contributed by atoms with Gasteiger partial charge in [0.15, 0.2) is 0 Å². The Bertz CT molecular complexity index is 3150. The van der Waals surface area contributed by atoms with Gasteiger partial charge in [0.2, 0.25) is 0 Å². The summed E-state index contributed by atoms with van der Waals surface area (Å²) in [5.74, 6) is 0. The lowest BCUT2D eigenvalue weighted by atomic mass is 9.82. The molecule has 1 aliphatic carbocycles. The molecule has 1 heterocycles. The quantitative estimate of drug-likeness (QED) is 0.169. The summed E-state index contributed by atoms with van der Waals surface area (Å²) < 4.78 is 6.55. The van der Waals surface area contributed by atoms with Crippen LogP contribution in [-0.2, 0) is 5.41 Å². The van der Waals surface area contributed by atoms with Gasteiger partial charge < -0.3 is 9.32 Å². The van der Waals surface area contributed by atoms with Crippen LogP contribution in [-0.4, -0.2) is 0 Å². The van der Waals surface area contributed by atoms with Gasteiger partial charge in [-0.1, -0.05) is 172 Å². The second-order valence-corrected chi connectivity index (χ2v) is 15.7. The fourth-order valence-corrected chi connectivity index (χ4v) is 9.37. The third-order valence-corrected chi connectivity index (χ3v) is 12.1. The van der Waals surface area contributed by atoms with Crippen molar-refractivity contribution in [2.75, 3.05) is 4.90 Å². The van der Waals surface area contributed by atoms with E-state index >= 15 is 0 Å². The van der Waals surface area contributed by atoms with E-state index in [-0.39, 0.29) is 5.41 Å². The Labute approximate surface area is 332 Å². The van der Waals surface area contributed by atoms with Crippen molar-refractivity contribution in [3.8, 4) is 44.5 Å². The zero-order valence-corrected chi connectivity index (χ0v) is 31.9. The van der Waals surface area contributed by atoms with E-state index < -0.39 is 0 Å². The summed E-state index contributed by atoms with van der Waals surface area (Å²) in [5, 5.41) is 4.66. The molecule has 0 unspecified atom stereocenters. The van der Waals surface area contributed by atoms with Gasteiger partial charge in [-0.15, -0.1) is 0 Å². The van der Waals surface area contributed by atoms with Crippen LogP contribution in [0, 0.1) is 0 Å². The summed E-state index contributed by atoms with van der Waals surface area (Å²) >= 11 is 0. The maximum atomic E-state index is 6.55. The van der Waals surface area contributed by atoms with Crippen LogP contribution in [0.3, 0.4) is 0 Å². The van der Waals surface area contributed by atoms with Crippen LogP contribution in [0.4, 0.5) is 17.1 Å². The van der Waals surface area contributed by atoms with Crippen molar-refractivity contribution in [1.82, 2.24) is 0 Å². The number of para-hydroxylation sites is 1. The van der Waals surface area contributed by atoms with Crippen molar-refractivity contribution in [3.63, 3.8) is 0 Å². The summed E-state index contributed by atoms with van der Waals surface area (Å²) in [6.45, 7) is 4.72. The Morgan fingerprint density at radius 3 is 1.88 bits per heavy atom. The summed E-state index contributed by atoms with van der Waals surface area (Å²) in [5.41, 5.74) is 17.3. The number of nitrogens with zero attached hydrogens (tertiary/aromatic N) is 1. The third kappa shape index (κ3) is 5.25. The lowest BCUT2D eigenvalue weighted by Crippen LogP contribution is -2.17. The largest absolute Gasteiger partial charge is 0.456 e. The molecule has 270 valence electrons. The molecule has 57 heavy (non-hydrogen) atoms. The van der Waals surface area contributed by atoms with Gasteiger partial charge in [-0.05, 0) is 103 Å². The molecule has 1 aromatic heterocycles. The van der Waals surface area contributed by atoms with E-state index in [1.807, 2.05) is 6.07 Å². The number of hydrogen-bond acceptors (Lipinski definition) is 2. The van der Waals surface area contributed by atoms with E-state index in [2.05, 4.69) is 213 Å². The molecule has 11 rings (SSSR count). The fraction of sp³-hybridized carbons (Fsp3) is 0.0545. The second-order valence-electron chi connectivity index (χ2n) is 15.7. The van der Waals surface area contributed by atoms with Gasteiger partial charge >= 0.3 is 0 Å². The first kappa shape index (κ1) is 33.2. The molecular formula is C55H39NO. The molecule has 2 nitrogen and oxygen atoms in total. The highest BCUT2D eigenvalue weighted by Crippen LogP contribution is 2.53. The zero-order chi connectivity index (χ0) is 38.1. The van der Waals surface area contributed by atoms with Crippen molar-refractivity contribution in [2.24, 2.45) is 0 Å². The molecule has 0 atom stereocenters. The number of fused-ring (bicyclic) bond motifs is 7. The molecule has 0 fully saturated rings. The molecule has 0 saturated heterocycles. The van der Waals surface area contributed by atoms with Crippen molar-refractivity contribution in [1.29, 1.82) is 0 Å². The molecule has 9 aromatic carbocycles. The molecule has 0 bridgehead atoms. The summed E-state index contributed by atoms with van der Waals surface area (Å²) in [6, 6.07) is 72.8. The molecule has 0 spiro atoms. The van der Waals surface area contributed by atoms with Crippen LogP contribution < -0.4 is 4.90 Å². The SMILES string of the molecule is CC1(C)c2ccccc2-c2ccc(N(c3ccc(-c4ccccc4)cc3)c3cccc(-c4cccc5ccccc45)c3-c3cccc4oc5ccccc5c34)cc21. The van der Waals surface area contributed by atoms with Crippen LogP contribution in [0.15, 0.2) is 205 Å². The molecule has 10 aromatic rings. The molecule has 0 amide bonds. The Morgan fingerprint density at radius 2 is 1.00 bits per heavy atom. The minimum atomic E-state index is -0.153. The Morgan fingerprint density at radius 1 is 0.404 bits per heavy atom. The van der Waals surface area contributed by atoms with Crippen molar-refractivity contribution in [3.05, 3.63) is 211 Å². The maximum Gasteiger partial charge on any atom is 0.136 e. The first-order valence-electron chi connectivity index (χ1n) is 19.8. The van der Waals surface area contributed by atoms with Gasteiger partial charge in [0, 0.05) is 33.1 Å². The average Bonchev–Trinajstić information content (AvgIpc) is 3.76. The second kappa shape index (κ2) is 13.0. The van der Waals surface area contributed by atoms with Gasteiger partial charge in [-0.2, -0.15) is 0 Å². The molecule has 0 N–H and O–H groups in total. The number of furan rings is 1. The van der Waals surface area contributed by atoms with Crippen molar-refractivity contribution < 1.29 is 4.42 Å². The topological polar surface area (TPSA) is 16.4 Å². The average molecular weight is 730 g/mol. The Balaban J connectivity index is 1.23. The van der Waals surface area contributed by atoms with Gasteiger partial charge in [-0.25, -0.2) is 0 Å². The van der Waals surface area contributed by atoms with Crippen molar-refractivity contribution >= 4 is 49.8 Å².